The van der Waals surface area contributed by atoms with Gasteiger partial charge < -0.3 is 9.88 Å². The molecule has 1 heterocycles. The maximum atomic E-state index is 12.5. The summed E-state index contributed by atoms with van der Waals surface area (Å²) in [4.78, 5) is 12.5. The van der Waals surface area contributed by atoms with Crippen LogP contribution in [-0.4, -0.2) is 32.5 Å². The molecule has 1 amide bonds. The SMILES string of the molecule is CCn1c(SCC(=O)N[C@@H]2CCC[C@H](C)[C@@H]2C)nnc1-c1ccccc1C. The van der Waals surface area contributed by atoms with Crippen molar-refractivity contribution in [3.63, 3.8) is 0 Å². The molecule has 27 heavy (non-hydrogen) atoms. The third-order valence-electron chi connectivity index (χ3n) is 5.80. The summed E-state index contributed by atoms with van der Waals surface area (Å²) in [7, 11) is 0. The number of rotatable bonds is 6. The second-order valence-corrected chi connectivity index (χ2v) is 8.54. The Morgan fingerprint density at radius 3 is 2.78 bits per heavy atom. The molecule has 1 aromatic heterocycles. The van der Waals surface area contributed by atoms with Crippen molar-refractivity contribution in [2.24, 2.45) is 11.8 Å². The van der Waals surface area contributed by atoms with Crippen molar-refractivity contribution >= 4 is 17.7 Å². The Morgan fingerprint density at radius 2 is 2.04 bits per heavy atom. The molecule has 3 atom stereocenters. The summed E-state index contributed by atoms with van der Waals surface area (Å²) in [6.45, 7) is 9.48. The fraction of sp³-hybridized carbons (Fsp3) is 0.571. The molecule has 146 valence electrons. The highest BCUT2D eigenvalue weighted by atomic mass is 32.2. The third-order valence-corrected chi connectivity index (χ3v) is 6.77. The van der Waals surface area contributed by atoms with E-state index in [0.717, 1.165) is 29.5 Å². The fourth-order valence-corrected chi connectivity index (χ4v) is 4.68. The first-order valence-electron chi connectivity index (χ1n) is 9.92. The van der Waals surface area contributed by atoms with Gasteiger partial charge in [0.15, 0.2) is 11.0 Å². The Hall–Kier alpha value is -1.82. The number of hydrogen-bond acceptors (Lipinski definition) is 4. The van der Waals surface area contributed by atoms with Gasteiger partial charge in [0.2, 0.25) is 5.91 Å². The van der Waals surface area contributed by atoms with Crippen LogP contribution in [0.5, 0.6) is 0 Å². The van der Waals surface area contributed by atoms with Crippen LogP contribution < -0.4 is 5.32 Å². The number of aryl methyl sites for hydroxylation is 1. The van der Waals surface area contributed by atoms with Gasteiger partial charge in [-0.2, -0.15) is 0 Å². The van der Waals surface area contributed by atoms with Gasteiger partial charge in [-0.25, -0.2) is 0 Å². The molecule has 1 N–H and O–H groups in total. The van der Waals surface area contributed by atoms with Gasteiger partial charge in [0.05, 0.1) is 5.75 Å². The molecule has 0 saturated heterocycles. The molecule has 0 radical (unpaired) electrons. The molecule has 1 aromatic carbocycles. The molecular formula is C21H30N4OS. The highest BCUT2D eigenvalue weighted by Crippen LogP contribution is 2.30. The smallest absolute Gasteiger partial charge is 0.230 e. The zero-order valence-corrected chi connectivity index (χ0v) is 17.6. The van der Waals surface area contributed by atoms with Gasteiger partial charge in [0, 0.05) is 18.2 Å². The summed E-state index contributed by atoms with van der Waals surface area (Å²) < 4.78 is 2.09. The van der Waals surface area contributed by atoms with Crippen LogP contribution in [0.3, 0.4) is 0 Å². The normalized spacial score (nSPS) is 22.6. The lowest BCUT2D eigenvalue weighted by Crippen LogP contribution is -2.44. The predicted octanol–water partition coefficient (Wildman–Crippen LogP) is 4.31. The zero-order chi connectivity index (χ0) is 19.4. The number of thioether (sulfide) groups is 1. The van der Waals surface area contributed by atoms with E-state index in [1.807, 2.05) is 12.1 Å². The summed E-state index contributed by atoms with van der Waals surface area (Å²) >= 11 is 1.47. The van der Waals surface area contributed by atoms with Crippen molar-refractivity contribution in [2.75, 3.05) is 5.75 Å². The number of amides is 1. The summed E-state index contributed by atoms with van der Waals surface area (Å²) in [5.41, 5.74) is 2.27. The first-order chi connectivity index (χ1) is 13.0. The van der Waals surface area contributed by atoms with E-state index in [0.29, 0.717) is 23.6 Å². The Balaban J connectivity index is 1.64. The maximum absolute atomic E-state index is 12.5. The Kier molecular flexibility index (Phi) is 6.58. The van der Waals surface area contributed by atoms with Crippen molar-refractivity contribution < 1.29 is 4.79 Å². The van der Waals surface area contributed by atoms with E-state index in [1.54, 1.807) is 0 Å². The lowest BCUT2D eigenvalue weighted by atomic mass is 9.78. The van der Waals surface area contributed by atoms with E-state index in [4.69, 9.17) is 0 Å². The standard InChI is InChI=1S/C21H30N4OS/c1-5-25-20(17-11-7-6-9-15(17)3)23-24-21(25)27-13-19(26)22-18-12-8-10-14(2)16(18)4/h6-7,9,11,14,16,18H,5,8,10,12-13H2,1-4H3,(H,22,26)/t14-,16-,18+/m0/s1. The zero-order valence-electron chi connectivity index (χ0n) is 16.7. The van der Waals surface area contributed by atoms with Crippen molar-refractivity contribution in [3.05, 3.63) is 29.8 Å². The van der Waals surface area contributed by atoms with E-state index in [9.17, 15) is 4.79 Å². The number of benzene rings is 1. The summed E-state index contributed by atoms with van der Waals surface area (Å²) in [5, 5.41) is 12.8. The Bertz CT molecular complexity index is 788. The van der Waals surface area contributed by atoms with Crippen LogP contribution >= 0.6 is 11.8 Å². The topological polar surface area (TPSA) is 59.8 Å². The minimum Gasteiger partial charge on any atom is -0.352 e. The monoisotopic (exact) mass is 386 g/mol. The number of nitrogens with one attached hydrogen (secondary N) is 1. The molecule has 0 aliphatic heterocycles. The maximum Gasteiger partial charge on any atom is 0.230 e. The number of aromatic nitrogens is 3. The first kappa shape index (κ1) is 19.9. The van der Waals surface area contributed by atoms with Gasteiger partial charge in [0.1, 0.15) is 0 Å². The van der Waals surface area contributed by atoms with Gasteiger partial charge in [0.25, 0.3) is 0 Å². The molecule has 2 aromatic rings. The molecule has 1 saturated carbocycles. The lowest BCUT2D eigenvalue weighted by Gasteiger charge is -2.34. The second-order valence-electron chi connectivity index (χ2n) is 7.60. The summed E-state index contributed by atoms with van der Waals surface area (Å²) in [5.74, 6) is 2.56. The van der Waals surface area contributed by atoms with Gasteiger partial charge >= 0.3 is 0 Å². The van der Waals surface area contributed by atoms with E-state index in [1.165, 1.54) is 30.2 Å². The van der Waals surface area contributed by atoms with Crippen LogP contribution in [-0.2, 0) is 11.3 Å². The number of hydrogen-bond donors (Lipinski definition) is 1. The van der Waals surface area contributed by atoms with Crippen molar-refractivity contribution in [2.45, 2.75) is 64.7 Å². The summed E-state index contributed by atoms with van der Waals surface area (Å²) in [6.07, 6.45) is 3.56. The average Bonchev–Trinajstić information content (AvgIpc) is 3.07. The van der Waals surface area contributed by atoms with Crippen LogP contribution in [0.4, 0.5) is 0 Å². The molecule has 1 aliphatic carbocycles. The Morgan fingerprint density at radius 1 is 1.26 bits per heavy atom. The van der Waals surface area contributed by atoms with E-state index in [2.05, 4.69) is 59.9 Å². The predicted molar refractivity (Wildman–Crippen MR) is 111 cm³/mol. The number of carbonyl (C=O) groups excluding carboxylic acids is 1. The molecule has 5 nitrogen and oxygen atoms in total. The van der Waals surface area contributed by atoms with Crippen LogP contribution in [0.1, 0.15) is 45.6 Å². The van der Waals surface area contributed by atoms with Crippen LogP contribution in [0.2, 0.25) is 0 Å². The molecule has 0 unspecified atom stereocenters. The second kappa shape index (κ2) is 8.91. The first-order valence-corrected chi connectivity index (χ1v) is 10.9. The van der Waals surface area contributed by atoms with E-state index >= 15 is 0 Å². The molecule has 3 rings (SSSR count). The molecule has 0 spiro atoms. The molecule has 1 fully saturated rings. The van der Waals surface area contributed by atoms with Gasteiger partial charge in [-0.1, -0.05) is 62.7 Å². The van der Waals surface area contributed by atoms with Crippen molar-refractivity contribution in [3.8, 4) is 11.4 Å². The average molecular weight is 387 g/mol. The van der Waals surface area contributed by atoms with Gasteiger partial charge in [-0.05, 0) is 37.7 Å². The van der Waals surface area contributed by atoms with Gasteiger partial charge in [-0.3, -0.25) is 4.79 Å². The summed E-state index contributed by atoms with van der Waals surface area (Å²) in [6, 6.07) is 8.49. The molecule has 6 heteroatoms. The molecule has 1 aliphatic rings. The quantitative estimate of drug-likeness (QED) is 0.752. The third kappa shape index (κ3) is 4.54. The van der Waals surface area contributed by atoms with Gasteiger partial charge in [-0.15, -0.1) is 10.2 Å². The van der Waals surface area contributed by atoms with Crippen molar-refractivity contribution in [1.29, 1.82) is 0 Å². The lowest BCUT2D eigenvalue weighted by molar-refractivity contribution is -0.120. The largest absolute Gasteiger partial charge is 0.352 e. The highest BCUT2D eigenvalue weighted by Gasteiger charge is 2.28. The van der Waals surface area contributed by atoms with E-state index < -0.39 is 0 Å². The fourth-order valence-electron chi connectivity index (χ4n) is 3.87. The molecular weight excluding hydrogens is 356 g/mol. The number of carbonyl (C=O) groups is 1. The highest BCUT2D eigenvalue weighted by molar-refractivity contribution is 7.99. The minimum atomic E-state index is 0.0917. The van der Waals surface area contributed by atoms with Crippen molar-refractivity contribution in [1.82, 2.24) is 20.1 Å². The van der Waals surface area contributed by atoms with Crippen LogP contribution in [0.25, 0.3) is 11.4 Å². The minimum absolute atomic E-state index is 0.0917. The number of nitrogens with zero attached hydrogens (tertiary/aromatic N) is 3. The molecule has 0 bridgehead atoms. The van der Waals surface area contributed by atoms with Crippen LogP contribution in [0, 0.1) is 18.8 Å². The Labute approximate surface area is 166 Å². The van der Waals surface area contributed by atoms with Crippen LogP contribution in [0.15, 0.2) is 29.4 Å². The van der Waals surface area contributed by atoms with E-state index in [-0.39, 0.29) is 5.91 Å².